The van der Waals surface area contributed by atoms with Crippen molar-refractivity contribution in [2.75, 3.05) is 5.32 Å². The molecule has 0 atom stereocenters. The Morgan fingerprint density at radius 3 is 2.70 bits per heavy atom. The molecular formula is C14H15NO3S2. The fraction of sp³-hybridized carbons (Fsp3) is 0.286. The molecular weight excluding hydrogens is 294 g/mol. The highest BCUT2D eigenvalue weighted by atomic mass is 32.1. The standard InChI is InChI=1S/C14H15NO3S2/c1-3-10-8(2)20-13(12(10)14(17)18)15-11(16)6-9-4-5-19-7-9/h4-5,7H,3,6H2,1-2H3,(H,15,16)(H,17,18). The minimum absolute atomic E-state index is 0.185. The number of carboxylic acid groups (broad SMARTS) is 1. The van der Waals surface area contributed by atoms with Gasteiger partial charge in [-0.15, -0.1) is 11.3 Å². The molecule has 0 bridgehead atoms. The van der Waals surface area contributed by atoms with Crippen molar-refractivity contribution in [2.45, 2.75) is 26.7 Å². The molecule has 0 aliphatic carbocycles. The number of hydrogen-bond acceptors (Lipinski definition) is 4. The molecule has 0 unspecified atom stereocenters. The first-order valence-corrected chi connectivity index (χ1v) is 7.95. The maximum atomic E-state index is 12.0. The predicted octanol–water partition coefficient (Wildman–Crippen LogP) is 3.56. The van der Waals surface area contributed by atoms with Crippen molar-refractivity contribution in [1.29, 1.82) is 0 Å². The molecule has 2 N–H and O–H groups in total. The Hall–Kier alpha value is -1.66. The second kappa shape index (κ2) is 6.19. The Morgan fingerprint density at radius 1 is 1.40 bits per heavy atom. The highest BCUT2D eigenvalue weighted by Crippen LogP contribution is 2.33. The van der Waals surface area contributed by atoms with Gasteiger partial charge in [0.25, 0.3) is 0 Å². The smallest absolute Gasteiger partial charge is 0.339 e. The molecule has 2 heterocycles. The third kappa shape index (κ3) is 3.08. The molecule has 0 radical (unpaired) electrons. The zero-order valence-electron chi connectivity index (χ0n) is 11.2. The normalized spacial score (nSPS) is 10.5. The second-order valence-electron chi connectivity index (χ2n) is 4.36. The molecule has 0 aliphatic heterocycles. The van der Waals surface area contributed by atoms with Crippen LogP contribution in [-0.4, -0.2) is 17.0 Å². The SMILES string of the molecule is CCc1c(C)sc(NC(=O)Cc2ccsc2)c1C(=O)O. The molecule has 0 aromatic carbocycles. The summed E-state index contributed by atoms with van der Waals surface area (Å²) in [5.41, 5.74) is 1.97. The first-order chi connectivity index (χ1) is 9.52. The van der Waals surface area contributed by atoms with E-state index in [9.17, 15) is 14.7 Å². The van der Waals surface area contributed by atoms with Gasteiger partial charge in [0.1, 0.15) is 5.00 Å². The van der Waals surface area contributed by atoms with E-state index >= 15 is 0 Å². The first kappa shape index (κ1) is 14.7. The molecule has 2 aromatic heterocycles. The van der Waals surface area contributed by atoms with Crippen molar-refractivity contribution in [2.24, 2.45) is 0 Å². The minimum atomic E-state index is -0.989. The predicted molar refractivity (Wildman–Crippen MR) is 82.0 cm³/mol. The van der Waals surface area contributed by atoms with Crippen LogP contribution in [0, 0.1) is 6.92 Å². The average Bonchev–Trinajstić information content (AvgIpc) is 2.96. The van der Waals surface area contributed by atoms with Crippen molar-refractivity contribution < 1.29 is 14.7 Å². The van der Waals surface area contributed by atoms with E-state index in [0.29, 0.717) is 11.4 Å². The van der Waals surface area contributed by atoms with Crippen LogP contribution in [-0.2, 0) is 17.6 Å². The van der Waals surface area contributed by atoms with Crippen molar-refractivity contribution >= 4 is 39.6 Å². The van der Waals surface area contributed by atoms with Gasteiger partial charge in [0, 0.05) is 4.88 Å². The Balaban J connectivity index is 2.20. The average molecular weight is 309 g/mol. The van der Waals surface area contributed by atoms with Gasteiger partial charge in [0.15, 0.2) is 0 Å². The summed E-state index contributed by atoms with van der Waals surface area (Å²) in [6, 6.07) is 1.89. The number of aromatic carboxylic acids is 1. The second-order valence-corrected chi connectivity index (χ2v) is 6.36. The van der Waals surface area contributed by atoms with E-state index in [0.717, 1.165) is 16.0 Å². The molecule has 106 valence electrons. The third-order valence-electron chi connectivity index (χ3n) is 2.97. The Morgan fingerprint density at radius 2 is 2.15 bits per heavy atom. The summed E-state index contributed by atoms with van der Waals surface area (Å²) in [4.78, 5) is 24.3. The summed E-state index contributed by atoms with van der Waals surface area (Å²) in [5.74, 6) is -1.17. The number of aryl methyl sites for hydroxylation is 1. The Bertz CT molecular complexity index is 629. The number of amides is 1. The number of carbonyl (C=O) groups excluding carboxylic acids is 1. The van der Waals surface area contributed by atoms with Gasteiger partial charge < -0.3 is 10.4 Å². The van der Waals surface area contributed by atoms with Gasteiger partial charge in [0.05, 0.1) is 12.0 Å². The van der Waals surface area contributed by atoms with E-state index < -0.39 is 5.97 Å². The van der Waals surface area contributed by atoms with E-state index in [4.69, 9.17) is 0 Å². The maximum absolute atomic E-state index is 12.0. The Labute approximate surface area is 125 Å². The van der Waals surface area contributed by atoms with Gasteiger partial charge in [-0.1, -0.05) is 6.92 Å². The third-order valence-corrected chi connectivity index (χ3v) is 4.77. The summed E-state index contributed by atoms with van der Waals surface area (Å²) in [6.07, 6.45) is 0.908. The summed E-state index contributed by atoms with van der Waals surface area (Å²) in [7, 11) is 0. The Kier molecular flexibility index (Phi) is 4.57. The van der Waals surface area contributed by atoms with Gasteiger partial charge in [-0.2, -0.15) is 11.3 Å². The number of hydrogen-bond donors (Lipinski definition) is 2. The first-order valence-electron chi connectivity index (χ1n) is 6.19. The molecule has 0 spiro atoms. The van der Waals surface area contributed by atoms with Crippen LogP contribution < -0.4 is 5.32 Å². The number of carbonyl (C=O) groups is 2. The molecule has 4 nitrogen and oxygen atoms in total. The summed E-state index contributed by atoms with van der Waals surface area (Å²) in [5, 5.41) is 16.3. The van der Waals surface area contributed by atoms with Gasteiger partial charge in [-0.3, -0.25) is 4.79 Å². The molecule has 1 amide bonds. The van der Waals surface area contributed by atoms with E-state index in [1.165, 1.54) is 22.7 Å². The lowest BCUT2D eigenvalue weighted by atomic mass is 10.1. The van der Waals surface area contributed by atoms with Crippen LogP contribution >= 0.6 is 22.7 Å². The van der Waals surface area contributed by atoms with Crippen molar-refractivity contribution in [3.63, 3.8) is 0 Å². The number of carboxylic acids is 1. The number of nitrogens with one attached hydrogen (secondary N) is 1. The molecule has 0 saturated heterocycles. The van der Waals surface area contributed by atoms with Crippen LogP contribution in [0.25, 0.3) is 0 Å². The van der Waals surface area contributed by atoms with Crippen LogP contribution in [0.4, 0.5) is 5.00 Å². The van der Waals surface area contributed by atoms with Crippen LogP contribution in [0.5, 0.6) is 0 Å². The summed E-state index contributed by atoms with van der Waals surface area (Å²) in [6.45, 7) is 3.79. The summed E-state index contributed by atoms with van der Waals surface area (Å²) < 4.78 is 0. The fourth-order valence-electron chi connectivity index (χ4n) is 2.07. The van der Waals surface area contributed by atoms with Gasteiger partial charge >= 0.3 is 5.97 Å². The van der Waals surface area contributed by atoms with Gasteiger partial charge in [-0.05, 0) is 41.3 Å². The molecule has 20 heavy (non-hydrogen) atoms. The number of anilines is 1. The van der Waals surface area contributed by atoms with Crippen LogP contribution in [0.3, 0.4) is 0 Å². The van der Waals surface area contributed by atoms with Crippen molar-refractivity contribution in [3.8, 4) is 0 Å². The van der Waals surface area contributed by atoms with Crippen LogP contribution in [0.15, 0.2) is 16.8 Å². The zero-order chi connectivity index (χ0) is 14.7. The molecule has 0 saturated carbocycles. The van der Waals surface area contributed by atoms with Crippen LogP contribution in [0.1, 0.15) is 33.3 Å². The molecule has 0 fully saturated rings. The lowest BCUT2D eigenvalue weighted by Crippen LogP contribution is -2.15. The highest BCUT2D eigenvalue weighted by Gasteiger charge is 2.21. The number of rotatable bonds is 5. The van der Waals surface area contributed by atoms with Crippen molar-refractivity contribution in [3.05, 3.63) is 38.4 Å². The number of thiophene rings is 2. The van der Waals surface area contributed by atoms with E-state index in [-0.39, 0.29) is 17.9 Å². The topological polar surface area (TPSA) is 66.4 Å². The lowest BCUT2D eigenvalue weighted by Gasteiger charge is -2.04. The van der Waals surface area contributed by atoms with Crippen molar-refractivity contribution in [1.82, 2.24) is 0 Å². The zero-order valence-corrected chi connectivity index (χ0v) is 12.9. The molecule has 2 aromatic rings. The quantitative estimate of drug-likeness (QED) is 0.887. The molecule has 0 aliphatic rings. The molecule has 2 rings (SSSR count). The maximum Gasteiger partial charge on any atom is 0.339 e. The molecule has 6 heteroatoms. The van der Waals surface area contributed by atoms with E-state index in [1.54, 1.807) is 0 Å². The van der Waals surface area contributed by atoms with Gasteiger partial charge in [-0.25, -0.2) is 4.79 Å². The van der Waals surface area contributed by atoms with Gasteiger partial charge in [0.2, 0.25) is 5.91 Å². The highest BCUT2D eigenvalue weighted by molar-refractivity contribution is 7.16. The fourth-order valence-corrected chi connectivity index (χ4v) is 3.89. The summed E-state index contributed by atoms with van der Waals surface area (Å²) >= 11 is 2.86. The van der Waals surface area contributed by atoms with E-state index in [2.05, 4.69) is 5.32 Å². The lowest BCUT2D eigenvalue weighted by molar-refractivity contribution is -0.115. The van der Waals surface area contributed by atoms with E-state index in [1.807, 2.05) is 30.7 Å². The monoisotopic (exact) mass is 309 g/mol. The van der Waals surface area contributed by atoms with Crippen LogP contribution in [0.2, 0.25) is 0 Å². The largest absolute Gasteiger partial charge is 0.478 e. The minimum Gasteiger partial charge on any atom is -0.478 e.